The number of fused-ring (bicyclic) bond motifs is 6. The van der Waals surface area contributed by atoms with Crippen LogP contribution in [0, 0.1) is 0 Å². The Labute approximate surface area is 405 Å². The van der Waals surface area contributed by atoms with Crippen LogP contribution in [0.5, 0.6) is 0 Å². The van der Waals surface area contributed by atoms with Gasteiger partial charge in [0.05, 0.1) is 35.0 Å². The number of benzene rings is 6. The average Bonchev–Trinajstić information content (AvgIpc) is 4.25. The zero-order valence-corrected chi connectivity index (χ0v) is 38.7. The number of carbonyl (C=O) groups is 4. The molecule has 10 aromatic rings. The van der Waals surface area contributed by atoms with Gasteiger partial charge < -0.3 is 8.83 Å². The van der Waals surface area contributed by atoms with Crippen molar-refractivity contribution in [3.8, 4) is 67.7 Å². The number of hydrogen-bond acceptors (Lipinski definition) is 6. The lowest BCUT2D eigenvalue weighted by atomic mass is 9.98. The van der Waals surface area contributed by atoms with Gasteiger partial charge in [-0.1, -0.05) is 141 Å². The van der Waals surface area contributed by atoms with Gasteiger partial charge in [0.1, 0.15) is 11.4 Å². The van der Waals surface area contributed by atoms with Crippen LogP contribution in [0.4, 0.5) is 0 Å². The molecule has 2 aliphatic carbocycles. The van der Waals surface area contributed by atoms with Crippen molar-refractivity contribution in [1.82, 2.24) is 9.35 Å². The second kappa shape index (κ2) is 17.5. The molecular formula is C56H34Br2N4O6. The van der Waals surface area contributed by atoms with Crippen LogP contribution in [0.3, 0.4) is 0 Å². The molecule has 0 saturated heterocycles. The zero-order chi connectivity index (χ0) is 46.5. The summed E-state index contributed by atoms with van der Waals surface area (Å²) in [7, 11) is 0. The third-order valence-electron chi connectivity index (χ3n) is 11.9. The van der Waals surface area contributed by atoms with Crippen molar-refractivity contribution in [3.63, 3.8) is 0 Å². The summed E-state index contributed by atoms with van der Waals surface area (Å²) in [5, 5.41) is 0. The van der Waals surface area contributed by atoms with E-state index in [9.17, 15) is 19.2 Å². The fraction of sp³-hybridized carbons (Fsp3) is 0. The Morgan fingerprint density at radius 3 is 1.09 bits per heavy atom. The van der Waals surface area contributed by atoms with Crippen molar-refractivity contribution < 1.29 is 28.0 Å². The minimum atomic E-state index is -0.287. The summed E-state index contributed by atoms with van der Waals surface area (Å²) in [5.41, 5.74) is 16.6. The fourth-order valence-corrected chi connectivity index (χ4v) is 9.49. The van der Waals surface area contributed by atoms with Gasteiger partial charge in [0.15, 0.2) is 23.1 Å². The monoisotopic (exact) mass is 1020 g/mol. The van der Waals surface area contributed by atoms with Gasteiger partial charge in [0.25, 0.3) is 11.8 Å². The molecule has 0 unspecified atom stereocenters. The molecule has 4 heterocycles. The van der Waals surface area contributed by atoms with E-state index in [0.717, 1.165) is 31.2 Å². The zero-order valence-electron chi connectivity index (χ0n) is 35.6. The summed E-state index contributed by atoms with van der Waals surface area (Å²) in [6.45, 7) is 0. The van der Waals surface area contributed by atoms with E-state index in [0.29, 0.717) is 78.8 Å². The van der Waals surface area contributed by atoms with E-state index in [1.165, 1.54) is 0 Å². The first-order chi connectivity index (χ1) is 33.3. The highest BCUT2D eigenvalue weighted by atomic mass is 79.9. The van der Waals surface area contributed by atoms with Gasteiger partial charge >= 0.3 is 0 Å². The van der Waals surface area contributed by atoms with E-state index < -0.39 is 0 Å². The number of halogens is 2. The second-order valence-corrected chi connectivity index (χ2v) is 17.7. The van der Waals surface area contributed by atoms with Crippen LogP contribution >= 0.6 is 31.9 Å². The van der Waals surface area contributed by atoms with Crippen LogP contribution in [0.25, 0.3) is 67.7 Å². The minimum absolute atomic E-state index is 0.0796. The van der Waals surface area contributed by atoms with Gasteiger partial charge in [-0.05, 0) is 83.9 Å². The van der Waals surface area contributed by atoms with Crippen molar-refractivity contribution in [2.75, 3.05) is 10.9 Å². The molecule has 0 radical (unpaired) electrons. The molecule has 0 aliphatic heterocycles. The molecule has 328 valence electrons. The molecule has 0 saturated carbocycles. The maximum atomic E-state index is 13.7. The number of nitrogens with one attached hydrogen (secondary N) is 2. The smallest absolute Gasteiger partial charge is 0.270 e. The van der Waals surface area contributed by atoms with E-state index in [1.807, 2.05) is 146 Å². The molecule has 0 fully saturated rings. The lowest BCUT2D eigenvalue weighted by Gasteiger charge is -2.15. The number of nitrogens with zero attached hydrogens (tertiary/aromatic N) is 2. The maximum absolute atomic E-state index is 13.7. The van der Waals surface area contributed by atoms with E-state index in [-0.39, 0.29) is 23.4 Å². The van der Waals surface area contributed by atoms with E-state index >= 15 is 0 Å². The van der Waals surface area contributed by atoms with E-state index in [4.69, 9.17) is 8.83 Å². The molecule has 68 heavy (non-hydrogen) atoms. The van der Waals surface area contributed by atoms with Crippen LogP contribution in [0.1, 0.15) is 52.6 Å². The average molecular weight is 1020 g/mol. The molecule has 12 heteroatoms. The van der Waals surface area contributed by atoms with Gasteiger partial charge in [0, 0.05) is 53.5 Å². The van der Waals surface area contributed by atoms with Gasteiger partial charge in [-0.15, -0.1) is 0 Å². The fourth-order valence-electron chi connectivity index (χ4n) is 8.96. The Kier molecular flexibility index (Phi) is 10.9. The number of hydrogen-bond donors (Lipinski definition) is 2. The van der Waals surface area contributed by atoms with E-state index in [2.05, 4.69) is 42.7 Å². The third-order valence-corrected chi connectivity index (χ3v) is 13.0. The Balaban J connectivity index is 0.000000149. The lowest BCUT2D eigenvalue weighted by molar-refractivity contribution is 0.1000. The van der Waals surface area contributed by atoms with Crippen molar-refractivity contribution in [3.05, 3.63) is 237 Å². The summed E-state index contributed by atoms with van der Waals surface area (Å²) >= 11 is 6.98. The molecule has 0 spiro atoms. The molecule has 4 aromatic heterocycles. The van der Waals surface area contributed by atoms with Crippen molar-refractivity contribution in [2.24, 2.45) is 0 Å². The standard InChI is InChI=1S/2C28H17BrN2O3/c2*29-19-14-12-17(13-15-19)23-24-25(20-9-4-5-10-21(20)27(24)32)31(26(23)22-11-6-16-34-22)30-28(33)18-7-2-1-3-8-18/h2*1-16H,(H,30,33). The third kappa shape index (κ3) is 7.27. The predicted molar refractivity (Wildman–Crippen MR) is 269 cm³/mol. The normalized spacial score (nSPS) is 11.9. The Morgan fingerprint density at radius 2 is 0.735 bits per heavy atom. The van der Waals surface area contributed by atoms with Crippen LogP contribution in [0.15, 0.2) is 212 Å². The molecule has 12 rings (SSSR count). The van der Waals surface area contributed by atoms with Crippen molar-refractivity contribution >= 4 is 55.2 Å². The number of rotatable bonds is 8. The van der Waals surface area contributed by atoms with Crippen LogP contribution in [-0.4, -0.2) is 32.7 Å². The van der Waals surface area contributed by atoms with Gasteiger partial charge in [-0.25, -0.2) is 9.35 Å². The highest BCUT2D eigenvalue weighted by Gasteiger charge is 2.40. The van der Waals surface area contributed by atoms with Gasteiger partial charge in [-0.3, -0.25) is 30.0 Å². The van der Waals surface area contributed by atoms with Crippen molar-refractivity contribution in [2.45, 2.75) is 0 Å². The SMILES string of the molecule is O=C(Nn1c2c(c(-c3ccc(Br)cc3)c1-c1ccco1)C(=O)c1ccccc1-2)c1ccccc1.O=C(Nn1c2c(c(-c3ccc(Br)cc3)c1-c1ccco1)C(=O)c1ccccc1-2)c1ccccc1. The molecule has 0 bridgehead atoms. The number of aromatic nitrogens is 2. The van der Waals surface area contributed by atoms with Gasteiger partial charge in [-0.2, -0.15) is 0 Å². The number of carbonyl (C=O) groups excluding carboxylic acids is 4. The lowest BCUT2D eigenvalue weighted by Crippen LogP contribution is -2.24. The Morgan fingerprint density at radius 1 is 0.382 bits per heavy atom. The molecular weight excluding hydrogens is 984 g/mol. The number of amides is 2. The van der Waals surface area contributed by atoms with Crippen molar-refractivity contribution in [1.29, 1.82) is 0 Å². The quantitative estimate of drug-likeness (QED) is 0.156. The summed E-state index contributed by atoms with van der Waals surface area (Å²) in [6, 6.07) is 55.7. The first-order valence-electron chi connectivity index (χ1n) is 21.4. The highest BCUT2D eigenvalue weighted by molar-refractivity contribution is 9.10. The van der Waals surface area contributed by atoms with Crippen LogP contribution in [0.2, 0.25) is 0 Å². The summed E-state index contributed by atoms with van der Waals surface area (Å²) < 4.78 is 16.9. The Hall–Kier alpha value is -8.32. The maximum Gasteiger partial charge on any atom is 0.270 e. The first-order valence-corrected chi connectivity index (χ1v) is 23.0. The van der Waals surface area contributed by atoms with E-state index in [1.54, 1.807) is 58.3 Å². The summed E-state index contributed by atoms with van der Waals surface area (Å²) in [5.74, 6) is 0.362. The minimum Gasteiger partial charge on any atom is -0.463 e. The summed E-state index contributed by atoms with van der Waals surface area (Å²) in [4.78, 5) is 53.9. The first kappa shape index (κ1) is 42.3. The van der Waals surface area contributed by atoms with Crippen LogP contribution < -0.4 is 10.9 Å². The Bertz CT molecular complexity index is 3340. The second-order valence-electron chi connectivity index (χ2n) is 15.9. The molecule has 2 aliphatic rings. The number of furan rings is 2. The molecule has 0 atom stereocenters. The topological polar surface area (TPSA) is 128 Å². The molecule has 2 N–H and O–H groups in total. The highest BCUT2D eigenvalue weighted by Crippen LogP contribution is 2.50. The van der Waals surface area contributed by atoms with Crippen LogP contribution in [-0.2, 0) is 0 Å². The number of ketones is 2. The molecule has 2 amide bonds. The predicted octanol–water partition coefficient (Wildman–Crippen LogP) is 13.5. The van der Waals surface area contributed by atoms with Gasteiger partial charge in [0.2, 0.25) is 0 Å². The molecule has 6 aromatic carbocycles. The summed E-state index contributed by atoms with van der Waals surface area (Å²) in [6.07, 6.45) is 3.16. The molecule has 10 nitrogen and oxygen atoms in total. The largest absolute Gasteiger partial charge is 0.463 e.